The van der Waals surface area contributed by atoms with Crippen LogP contribution in [0.1, 0.15) is 5.69 Å². The van der Waals surface area contributed by atoms with Gasteiger partial charge in [-0.3, -0.25) is 4.79 Å². The van der Waals surface area contributed by atoms with E-state index in [9.17, 15) is 9.59 Å². The van der Waals surface area contributed by atoms with E-state index in [-0.39, 0.29) is 13.0 Å². The molecule has 1 amide bonds. The number of carbonyl (C=O) groups excluding carboxylic acids is 2. The van der Waals surface area contributed by atoms with Gasteiger partial charge in [-0.2, -0.15) is 0 Å². The number of esters is 1. The number of ether oxygens (including phenoxy) is 3. The molecule has 1 atom stereocenters. The minimum absolute atomic E-state index is 0.141. The fourth-order valence-electron chi connectivity index (χ4n) is 1.49. The lowest BCUT2D eigenvalue weighted by atomic mass is 10.1. The Labute approximate surface area is 116 Å². The van der Waals surface area contributed by atoms with Crippen LogP contribution in [0.2, 0.25) is 0 Å². The number of aromatic nitrogens is 2. The van der Waals surface area contributed by atoms with E-state index in [0.29, 0.717) is 18.9 Å². The first kappa shape index (κ1) is 16.1. The number of hydrogen-bond acceptors (Lipinski definition) is 6. The fourth-order valence-corrected chi connectivity index (χ4v) is 1.49. The summed E-state index contributed by atoms with van der Waals surface area (Å²) in [5.74, 6) is -0.926. The summed E-state index contributed by atoms with van der Waals surface area (Å²) in [5, 5.41) is 2.55. The average molecular weight is 285 g/mol. The number of imidazole rings is 1. The van der Waals surface area contributed by atoms with E-state index in [1.54, 1.807) is 13.3 Å². The molecule has 0 saturated carbocycles. The van der Waals surface area contributed by atoms with Gasteiger partial charge in [-0.15, -0.1) is 0 Å². The van der Waals surface area contributed by atoms with Gasteiger partial charge in [0.25, 0.3) is 0 Å². The van der Waals surface area contributed by atoms with Crippen molar-refractivity contribution in [1.29, 1.82) is 0 Å². The highest BCUT2D eigenvalue weighted by Crippen LogP contribution is 2.00. The number of nitrogens with one attached hydrogen (secondary N) is 2. The molecule has 1 aromatic rings. The molecule has 0 saturated heterocycles. The lowest BCUT2D eigenvalue weighted by molar-refractivity contribution is -0.145. The van der Waals surface area contributed by atoms with Crippen molar-refractivity contribution < 1.29 is 23.8 Å². The van der Waals surface area contributed by atoms with Crippen molar-refractivity contribution in [2.45, 2.75) is 12.5 Å². The second kappa shape index (κ2) is 9.05. The Morgan fingerprint density at radius 1 is 1.40 bits per heavy atom. The summed E-state index contributed by atoms with van der Waals surface area (Å²) in [6.45, 7) is 0.574. The Kier molecular flexibility index (Phi) is 7.30. The van der Waals surface area contributed by atoms with Crippen LogP contribution in [0.5, 0.6) is 0 Å². The Balaban J connectivity index is 2.43. The highest BCUT2D eigenvalue weighted by Gasteiger charge is 2.22. The minimum Gasteiger partial charge on any atom is -0.467 e. The third-order valence-corrected chi connectivity index (χ3v) is 2.45. The topological polar surface area (TPSA) is 103 Å². The summed E-state index contributed by atoms with van der Waals surface area (Å²) in [7, 11) is 2.81. The SMILES string of the molecule is COCCOCC(=O)N[C@@H](Cc1c[nH]cn1)C(=O)OC. The number of methoxy groups -OCH3 is 2. The zero-order valence-corrected chi connectivity index (χ0v) is 11.5. The summed E-state index contributed by atoms with van der Waals surface area (Å²) < 4.78 is 14.5. The number of rotatable bonds is 9. The summed E-state index contributed by atoms with van der Waals surface area (Å²) in [6.07, 6.45) is 3.40. The largest absolute Gasteiger partial charge is 0.467 e. The van der Waals surface area contributed by atoms with Crippen LogP contribution < -0.4 is 5.32 Å². The molecule has 20 heavy (non-hydrogen) atoms. The molecule has 8 heteroatoms. The van der Waals surface area contributed by atoms with E-state index in [1.165, 1.54) is 13.4 Å². The number of aromatic amines is 1. The second-order valence-electron chi connectivity index (χ2n) is 3.95. The smallest absolute Gasteiger partial charge is 0.328 e. The van der Waals surface area contributed by atoms with Crippen LogP contribution in [0.3, 0.4) is 0 Å². The van der Waals surface area contributed by atoms with Crippen molar-refractivity contribution in [1.82, 2.24) is 15.3 Å². The molecule has 112 valence electrons. The molecule has 1 heterocycles. The van der Waals surface area contributed by atoms with E-state index in [0.717, 1.165) is 0 Å². The van der Waals surface area contributed by atoms with Gasteiger partial charge in [-0.1, -0.05) is 0 Å². The second-order valence-corrected chi connectivity index (χ2v) is 3.95. The van der Waals surface area contributed by atoms with Gasteiger partial charge in [0.2, 0.25) is 5.91 Å². The Morgan fingerprint density at radius 2 is 2.20 bits per heavy atom. The maximum Gasteiger partial charge on any atom is 0.328 e. The first-order chi connectivity index (χ1) is 9.67. The number of nitrogens with zero attached hydrogens (tertiary/aromatic N) is 1. The van der Waals surface area contributed by atoms with Crippen LogP contribution in [0.25, 0.3) is 0 Å². The van der Waals surface area contributed by atoms with Crippen molar-refractivity contribution in [2.75, 3.05) is 34.0 Å². The maximum absolute atomic E-state index is 11.7. The summed E-state index contributed by atoms with van der Waals surface area (Å²) in [6, 6.07) is -0.790. The number of H-pyrrole nitrogens is 1. The number of hydrogen-bond donors (Lipinski definition) is 2. The van der Waals surface area contributed by atoms with Gasteiger partial charge in [0.05, 0.1) is 32.3 Å². The van der Waals surface area contributed by atoms with Crippen molar-refractivity contribution in [2.24, 2.45) is 0 Å². The molecule has 0 aliphatic carbocycles. The van der Waals surface area contributed by atoms with E-state index in [4.69, 9.17) is 9.47 Å². The molecule has 0 spiro atoms. The highest BCUT2D eigenvalue weighted by atomic mass is 16.5. The van der Waals surface area contributed by atoms with Crippen LogP contribution in [-0.2, 0) is 30.2 Å². The maximum atomic E-state index is 11.7. The van der Waals surface area contributed by atoms with Gasteiger partial charge in [0.15, 0.2) is 0 Å². The molecule has 0 radical (unpaired) electrons. The van der Waals surface area contributed by atoms with Crippen LogP contribution in [0.15, 0.2) is 12.5 Å². The lowest BCUT2D eigenvalue weighted by Crippen LogP contribution is -2.44. The van der Waals surface area contributed by atoms with Gasteiger partial charge in [0, 0.05) is 19.7 Å². The van der Waals surface area contributed by atoms with Crippen LogP contribution >= 0.6 is 0 Å². The molecule has 0 bridgehead atoms. The number of carbonyl (C=O) groups is 2. The first-order valence-corrected chi connectivity index (χ1v) is 6.09. The van der Waals surface area contributed by atoms with Gasteiger partial charge in [-0.05, 0) is 0 Å². The number of amides is 1. The van der Waals surface area contributed by atoms with Crippen molar-refractivity contribution >= 4 is 11.9 Å². The van der Waals surface area contributed by atoms with E-state index >= 15 is 0 Å². The molecule has 0 aliphatic heterocycles. The fraction of sp³-hybridized carbons (Fsp3) is 0.583. The molecular formula is C12H19N3O5. The van der Waals surface area contributed by atoms with Crippen LogP contribution in [0.4, 0.5) is 0 Å². The third-order valence-electron chi connectivity index (χ3n) is 2.45. The zero-order valence-electron chi connectivity index (χ0n) is 11.5. The summed E-state index contributed by atoms with van der Waals surface area (Å²) in [5.41, 5.74) is 0.654. The van der Waals surface area contributed by atoms with Crippen molar-refractivity contribution in [3.8, 4) is 0 Å². The molecule has 0 aliphatic rings. The van der Waals surface area contributed by atoms with Gasteiger partial charge in [0.1, 0.15) is 12.6 Å². The van der Waals surface area contributed by atoms with Crippen molar-refractivity contribution in [3.05, 3.63) is 18.2 Å². The molecule has 8 nitrogen and oxygen atoms in total. The molecule has 0 unspecified atom stereocenters. The normalized spacial score (nSPS) is 11.9. The predicted octanol–water partition coefficient (Wildman–Crippen LogP) is -0.727. The summed E-state index contributed by atoms with van der Waals surface area (Å²) in [4.78, 5) is 30.1. The van der Waals surface area contributed by atoms with Gasteiger partial charge in [-0.25, -0.2) is 9.78 Å². The molecule has 1 rings (SSSR count). The highest BCUT2D eigenvalue weighted by molar-refractivity contribution is 5.85. The first-order valence-electron chi connectivity index (χ1n) is 6.09. The molecular weight excluding hydrogens is 266 g/mol. The Hall–Kier alpha value is -1.93. The average Bonchev–Trinajstić information content (AvgIpc) is 2.95. The van der Waals surface area contributed by atoms with Gasteiger partial charge < -0.3 is 24.5 Å². The van der Waals surface area contributed by atoms with Crippen molar-refractivity contribution in [3.63, 3.8) is 0 Å². The molecule has 0 aromatic carbocycles. The lowest BCUT2D eigenvalue weighted by Gasteiger charge is -2.15. The predicted molar refractivity (Wildman–Crippen MR) is 68.9 cm³/mol. The van der Waals surface area contributed by atoms with Crippen LogP contribution in [-0.4, -0.2) is 61.9 Å². The Morgan fingerprint density at radius 3 is 2.80 bits per heavy atom. The summed E-state index contributed by atoms with van der Waals surface area (Å²) >= 11 is 0. The minimum atomic E-state index is -0.790. The molecule has 2 N–H and O–H groups in total. The molecule has 0 fully saturated rings. The van der Waals surface area contributed by atoms with E-state index in [2.05, 4.69) is 20.0 Å². The molecule has 1 aromatic heterocycles. The Bertz CT molecular complexity index is 407. The zero-order chi connectivity index (χ0) is 14.8. The monoisotopic (exact) mass is 285 g/mol. The quantitative estimate of drug-likeness (QED) is 0.458. The van der Waals surface area contributed by atoms with E-state index < -0.39 is 17.9 Å². The standard InChI is InChI=1S/C12H19N3O5/c1-18-3-4-20-7-11(16)15-10(12(17)19-2)5-9-6-13-8-14-9/h6,8,10H,3-5,7H2,1-2H3,(H,13,14)(H,15,16)/t10-/m0/s1. The third kappa shape index (κ3) is 5.81. The van der Waals surface area contributed by atoms with E-state index in [1.807, 2.05) is 0 Å². The van der Waals surface area contributed by atoms with Crippen LogP contribution in [0, 0.1) is 0 Å². The van der Waals surface area contributed by atoms with Gasteiger partial charge >= 0.3 is 5.97 Å².